The molecule has 16 heavy (non-hydrogen) atoms. The maximum absolute atomic E-state index is 6.33. The molecule has 1 saturated heterocycles. The summed E-state index contributed by atoms with van der Waals surface area (Å²) in [6.45, 7) is 6.98. The van der Waals surface area contributed by atoms with Gasteiger partial charge in [-0.05, 0) is 58.0 Å². The van der Waals surface area contributed by atoms with Crippen molar-refractivity contribution in [3.05, 3.63) is 0 Å². The Kier molecular flexibility index (Phi) is 3.57. The Labute approximate surface area is 99.3 Å². The summed E-state index contributed by atoms with van der Waals surface area (Å²) in [5, 5.41) is 0. The van der Waals surface area contributed by atoms with E-state index < -0.39 is 0 Å². The molecule has 1 aliphatic heterocycles. The van der Waals surface area contributed by atoms with Crippen molar-refractivity contribution in [2.75, 3.05) is 20.2 Å². The van der Waals surface area contributed by atoms with E-state index in [-0.39, 0.29) is 0 Å². The third kappa shape index (κ3) is 2.13. The van der Waals surface area contributed by atoms with Crippen LogP contribution in [0.1, 0.15) is 39.5 Å². The molecule has 1 spiro atoms. The van der Waals surface area contributed by atoms with Crippen LogP contribution in [-0.2, 0) is 4.74 Å². The molecule has 1 heterocycles. The quantitative estimate of drug-likeness (QED) is 0.777. The Bertz CT molecular complexity index is 234. The highest BCUT2D eigenvalue weighted by molar-refractivity contribution is 5.01. The summed E-state index contributed by atoms with van der Waals surface area (Å²) >= 11 is 0. The first-order chi connectivity index (χ1) is 7.57. The summed E-state index contributed by atoms with van der Waals surface area (Å²) < 4.78 is 5.49. The summed E-state index contributed by atoms with van der Waals surface area (Å²) in [6, 6.07) is 1.03. The minimum Gasteiger partial charge on any atom is -0.381 e. The molecule has 1 aliphatic carbocycles. The third-order valence-electron chi connectivity index (χ3n) is 4.80. The predicted octanol–water partition coefficient (Wildman–Crippen LogP) is 1.61. The first-order valence-corrected chi connectivity index (χ1v) is 6.60. The van der Waals surface area contributed by atoms with Crippen LogP contribution in [-0.4, -0.2) is 43.3 Å². The van der Waals surface area contributed by atoms with Crippen molar-refractivity contribution in [3.8, 4) is 0 Å². The first kappa shape index (κ1) is 12.3. The van der Waals surface area contributed by atoms with E-state index in [9.17, 15) is 0 Å². The Morgan fingerprint density at radius 1 is 1.31 bits per heavy atom. The van der Waals surface area contributed by atoms with Crippen LogP contribution >= 0.6 is 0 Å². The van der Waals surface area contributed by atoms with E-state index in [2.05, 4.69) is 18.7 Å². The molecule has 0 aromatic heterocycles. The van der Waals surface area contributed by atoms with Crippen LogP contribution in [0.25, 0.3) is 0 Å². The number of piperidine rings is 1. The maximum Gasteiger partial charge on any atom is 0.0592 e. The Morgan fingerprint density at radius 3 is 2.38 bits per heavy atom. The van der Waals surface area contributed by atoms with Crippen molar-refractivity contribution in [2.24, 2.45) is 11.1 Å². The molecule has 2 aliphatic rings. The van der Waals surface area contributed by atoms with Crippen LogP contribution in [0.3, 0.4) is 0 Å². The molecule has 0 radical (unpaired) electrons. The fourth-order valence-corrected chi connectivity index (χ4v) is 3.46. The molecule has 0 bridgehead atoms. The van der Waals surface area contributed by atoms with Gasteiger partial charge in [0.15, 0.2) is 0 Å². The van der Waals surface area contributed by atoms with Gasteiger partial charge in [0, 0.05) is 19.2 Å². The van der Waals surface area contributed by atoms with Gasteiger partial charge < -0.3 is 15.4 Å². The zero-order valence-corrected chi connectivity index (χ0v) is 10.9. The molecule has 1 unspecified atom stereocenters. The lowest BCUT2D eigenvalue weighted by molar-refractivity contribution is 0.0531. The average molecular weight is 226 g/mol. The molecule has 2 atom stereocenters. The Hall–Kier alpha value is -0.120. The van der Waals surface area contributed by atoms with Gasteiger partial charge in [0.1, 0.15) is 0 Å². The van der Waals surface area contributed by atoms with Gasteiger partial charge in [-0.2, -0.15) is 0 Å². The van der Waals surface area contributed by atoms with Gasteiger partial charge in [0.25, 0.3) is 0 Å². The minimum absolute atomic E-state index is 0.353. The van der Waals surface area contributed by atoms with Crippen LogP contribution in [0.2, 0.25) is 0 Å². The van der Waals surface area contributed by atoms with Crippen molar-refractivity contribution in [1.82, 2.24) is 4.90 Å². The van der Waals surface area contributed by atoms with E-state index in [0.717, 1.165) is 6.42 Å². The van der Waals surface area contributed by atoms with Gasteiger partial charge in [-0.25, -0.2) is 0 Å². The van der Waals surface area contributed by atoms with Crippen molar-refractivity contribution in [2.45, 2.75) is 57.7 Å². The molecule has 0 amide bonds. The maximum atomic E-state index is 6.33. The fraction of sp³-hybridized carbons (Fsp3) is 1.00. The third-order valence-corrected chi connectivity index (χ3v) is 4.80. The minimum atomic E-state index is 0.353. The number of ether oxygens (including phenoxy) is 1. The first-order valence-electron chi connectivity index (χ1n) is 6.60. The Balaban J connectivity index is 1.96. The number of nitrogens with two attached hydrogens (primary N) is 1. The van der Waals surface area contributed by atoms with Crippen molar-refractivity contribution in [1.29, 1.82) is 0 Å². The van der Waals surface area contributed by atoms with E-state index in [1.165, 1.54) is 32.4 Å². The van der Waals surface area contributed by atoms with E-state index in [1.807, 2.05) is 7.11 Å². The van der Waals surface area contributed by atoms with Crippen molar-refractivity contribution < 1.29 is 4.74 Å². The summed E-state index contributed by atoms with van der Waals surface area (Å²) in [5.41, 5.74) is 6.71. The molecule has 1 saturated carbocycles. The molecule has 0 aromatic rings. The second-order valence-electron chi connectivity index (χ2n) is 5.90. The average Bonchev–Trinajstić information content (AvgIpc) is 2.57. The molecule has 2 rings (SSSR count). The lowest BCUT2D eigenvalue weighted by atomic mass is 9.74. The monoisotopic (exact) mass is 226 g/mol. The lowest BCUT2D eigenvalue weighted by Gasteiger charge is -2.43. The second kappa shape index (κ2) is 4.63. The van der Waals surface area contributed by atoms with Gasteiger partial charge in [0.05, 0.1) is 6.10 Å². The molecule has 3 nitrogen and oxygen atoms in total. The molecule has 2 fully saturated rings. The molecular weight excluding hydrogens is 200 g/mol. The van der Waals surface area contributed by atoms with E-state index in [1.54, 1.807) is 0 Å². The van der Waals surface area contributed by atoms with Gasteiger partial charge in [-0.3, -0.25) is 0 Å². The molecular formula is C13H26N2O. The Morgan fingerprint density at radius 2 is 1.94 bits per heavy atom. The summed E-state index contributed by atoms with van der Waals surface area (Å²) in [7, 11) is 1.82. The zero-order valence-electron chi connectivity index (χ0n) is 10.9. The number of methoxy groups -OCH3 is 1. The second-order valence-corrected chi connectivity index (χ2v) is 5.90. The number of hydrogen-bond acceptors (Lipinski definition) is 3. The van der Waals surface area contributed by atoms with Crippen molar-refractivity contribution in [3.63, 3.8) is 0 Å². The lowest BCUT2D eigenvalue weighted by Crippen LogP contribution is -2.48. The van der Waals surface area contributed by atoms with Crippen molar-refractivity contribution >= 4 is 0 Å². The SMILES string of the molecule is COC1C[C@@H](N)C2(CCN(C(C)C)CC2)C1. The summed E-state index contributed by atoms with van der Waals surface area (Å²) in [4.78, 5) is 2.57. The molecule has 0 aromatic carbocycles. The number of rotatable bonds is 2. The van der Waals surface area contributed by atoms with Gasteiger partial charge >= 0.3 is 0 Å². The molecule has 94 valence electrons. The van der Waals surface area contributed by atoms with Gasteiger partial charge in [0.2, 0.25) is 0 Å². The normalized spacial score (nSPS) is 35.1. The van der Waals surface area contributed by atoms with Crippen LogP contribution in [0.5, 0.6) is 0 Å². The highest BCUT2D eigenvalue weighted by Gasteiger charge is 2.47. The highest BCUT2D eigenvalue weighted by Crippen LogP contribution is 2.46. The summed E-state index contributed by atoms with van der Waals surface area (Å²) in [6.07, 6.45) is 5.15. The number of nitrogens with zero attached hydrogens (tertiary/aromatic N) is 1. The number of hydrogen-bond donors (Lipinski definition) is 1. The van der Waals surface area contributed by atoms with Gasteiger partial charge in [-0.15, -0.1) is 0 Å². The smallest absolute Gasteiger partial charge is 0.0592 e. The van der Waals surface area contributed by atoms with Crippen LogP contribution in [0, 0.1) is 5.41 Å². The van der Waals surface area contributed by atoms with Gasteiger partial charge in [-0.1, -0.05) is 0 Å². The predicted molar refractivity (Wildman–Crippen MR) is 66.4 cm³/mol. The topological polar surface area (TPSA) is 38.5 Å². The van der Waals surface area contributed by atoms with Crippen LogP contribution in [0.4, 0.5) is 0 Å². The zero-order chi connectivity index (χ0) is 11.8. The van der Waals surface area contributed by atoms with E-state index in [4.69, 9.17) is 10.5 Å². The highest BCUT2D eigenvalue weighted by atomic mass is 16.5. The largest absolute Gasteiger partial charge is 0.381 e. The number of likely N-dealkylation sites (tertiary alicyclic amines) is 1. The fourth-order valence-electron chi connectivity index (χ4n) is 3.46. The van der Waals surface area contributed by atoms with Crippen LogP contribution < -0.4 is 5.73 Å². The van der Waals surface area contributed by atoms with E-state index in [0.29, 0.717) is 23.6 Å². The standard InChI is InChI=1S/C13H26N2O/c1-10(2)15-6-4-13(5-7-15)9-11(16-3)8-12(13)14/h10-12H,4-9,14H2,1-3H3/t11?,12-/m1/s1. The molecule has 2 N–H and O–H groups in total. The summed E-state index contributed by atoms with van der Waals surface area (Å²) in [5.74, 6) is 0. The van der Waals surface area contributed by atoms with E-state index >= 15 is 0 Å². The van der Waals surface area contributed by atoms with Crippen LogP contribution in [0.15, 0.2) is 0 Å². The molecule has 3 heteroatoms.